The Hall–Kier alpha value is -3.49. The molecular weight excluding hydrogens is 422 g/mol. The van der Waals surface area contributed by atoms with Gasteiger partial charge in [-0.25, -0.2) is 4.52 Å². The number of rotatable bonds is 5. The summed E-state index contributed by atoms with van der Waals surface area (Å²) in [7, 11) is 0. The highest BCUT2D eigenvalue weighted by Crippen LogP contribution is 2.27. The summed E-state index contributed by atoms with van der Waals surface area (Å²) in [6, 6.07) is 14.6. The molecule has 0 aliphatic rings. The van der Waals surface area contributed by atoms with E-state index in [4.69, 9.17) is 11.6 Å². The number of hydrogen-bond donors (Lipinski definition) is 2. The SMILES string of the molecule is CC(=O)Nc1ccc(-c2csc3nc(NC(=O)/C=C/c4cccc(Cl)c4)nn23)cc1. The van der Waals surface area contributed by atoms with E-state index in [9.17, 15) is 9.59 Å². The van der Waals surface area contributed by atoms with Crippen LogP contribution in [0.15, 0.2) is 60.0 Å². The molecule has 0 aliphatic heterocycles. The molecule has 7 nitrogen and oxygen atoms in total. The van der Waals surface area contributed by atoms with Crippen molar-refractivity contribution >= 4 is 57.4 Å². The Bertz CT molecular complexity index is 1260. The first-order valence-electron chi connectivity index (χ1n) is 8.95. The van der Waals surface area contributed by atoms with E-state index in [1.807, 2.05) is 41.8 Å². The average molecular weight is 438 g/mol. The van der Waals surface area contributed by atoms with E-state index in [1.54, 1.807) is 22.7 Å². The normalized spacial score (nSPS) is 11.1. The predicted molar refractivity (Wildman–Crippen MR) is 120 cm³/mol. The maximum atomic E-state index is 12.2. The van der Waals surface area contributed by atoms with Gasteiger partial charge in [0.15, 0.2) is 0 Å². The molecule has 0 radical (unpaired) electrons. The quantitative estimate of drug-likeness (QED) is 0.442. The molecule has 0 saturated heterocycles. The Kier molecular flexibility index (Phi) is 5.60. The molecule has 150 valence electrons. The smallest absolute Gasteiger partial charge is 0.250 e. The number of anilines is 2. The van der Waals surface area contributed by atoms with E-state index in [-0.39, 0.29) is 17.8 Å². The van der Waals surface area contributed by atoms with Gasteiger partial charge < -0.3 is 5.32 Å². The van der Waals surface area contributed by atoms with Gasteiger partial charge in [-0.3, -0.25) is 14.9 Å². The predicted octanol–water partition coefficient (Wildman–Crippen LogP) is 4.72. The largest absolute Gasteiger partial charge is 0.326 e. The summed E-state index contributed by atoms with van der Waals surface area (Å²) in [4.78, 5) is 28.4. The molecule has 0 unspecified atom stereocenters. The molecule has 2 N–H and O–H groups in total. The lowest BCUT2D eigenvalue weighted by Crippen LogP contribution is -2.09. The summed E-state index contributed by atoms with van der Waals surface area (Å²) in [6.45, 7) is 1.46. The summed E-state index contributed by atoms with van der Waals surface area (Å²) in [5.74, 6) is -0.241. The number of benzene rings is 2. The number of thiazole rings is 1. The van der Waals surface area contributed by atoms with Crippen molar-refractivity contribution in [2.24, 2.45) is 0 Å². The van der Waals surface area contributed by atoms with Crippen LogP contribution in [-0.2, 0) is 9.59 Å². The van der Waals surface area contributed by atoms with Crippen LogP contribution in [-0.4, -0.2) is 26.4 Å². The van der Waals surface area contributed by atoms with Crippen molar-refractivity contribution in [3.63, 3.8) is 0 Å². The van der Waals surface area contributed by atoms with Crippen LogP contribution < -0.4 is 10.6 Å². The van der Waals surface area contributed by atoms with Crippen molar-refractivity contribution in [1.29, 1.82) is 0 Å². The third kappa shape index (κ3) is 4.56. The fourth-order valence-electron chi connectivity index (χ4n) is 2.79. The highest BCUT2D eigenvalue weighted by atomic mass is 35.5. The number of halogens is 1. The number of nitrogens with zero attached hydrogens (tertiary/aromatic N) is 3. The third-order valence-corrected chi connectivity index (χ3v) is 5.14. The van der Waals surface area contributed by atoms with E-state index in [1.165, 1.54) is 24.3 Å². The van der Waals surface area contributed by atoms with Crippen molar-refractivity contribution < 1.29 is 9.59 Å². The number of amides is 2. The number of hydrogen-bond acceptors (Lipinski definition) is 5. The molecule has 0 bridgehead atoms. The number of carbonyl (C=O) groups excluding carboxylic acids is 2. The summed E-state index contributed by atoms with van der Waals surface area (Å²) in [5, 5.41) is 12.3. The molecular formula is C21H16ClN5O2S. The number of aromatic nitrogens is 3. The lowest BCUT2D eigenvalue weighted by molar-refractivity contribution is -0.114. The average Bonchev–Trinajstić information content (AvgIpc) is 3.27. The minimum Gasteiger partial charge on any atom is -0.326 e. The lowest BCUT2D eigenvalue weighted by atomic mass is 10.1. The first kappa shape index (κ1) is 19.8. The highest BCUT2D eigenvalue weighted by Gasteiger charge is 2.12. The second-order valence-corrected chi connectivity index (χ2v) is 7.66. The van der Waals surface area contributed by atoms with Gasteiger partial charge in [-0.15, -0.1) is 16.4 Å². The summed E-state index contributed by atoms with van der Waals surface area (Å²) in [6.07, 6.45) is 3.07. The van der Waals surface area contributed by atoms with E-state index >= 15 is 0 Å². The molecule has 0 saturated carbocycles. The van der Waals surface area contributed by atoms with E-state index < -0.39 is 0 Å². The minimum atomic E-state index is -0.338. The van der Waals surface area contributed by atoms with Gasteiger partial charge in [0.2, 0.25) is 10.9 Å². The molecule has 0 spiro atoms. The Morgan fingerprint density at radius 3 is 2.67 bits per heavy atom. The Morgan fingerprint density at radius 2 is 1.93 bits per heavy atom. The zero-order valence-electron chi connectivity index (χ0n) is 15.8. The standard InChI is InChI=1S/C21H16ClN5O2S/c1-13(28)23-17-8-6-15(7-9-17)18-12-30-21-25-20(26-27(18)21)24-19(29)10-5-14-3-2-4-16(22)11-14/h2-12H,1H3,(H,23,28)(H,24,26,29)/b10-5+. The Balaban J connectivity index is 1.50. The summed E-state index contributed by atoms with van der Waals surface area (Å²) in [5.41, 5.74) is 3.29. The van der Waals surface area contributed by atoms with E-state index in [0.717, 1.165) is 22.5 Å². The van der Waals surface area contributed by atoms with Crippen LogP contribution in [0.2, 0.25) is 5.02 Å². The maximum absolute atomic E-state index is 12.2. The number of nitrogens with one attached hydrogen (secondary N) is 2. The molecule has 0 atom stereocenters. The number of carbonyl (C=O) groups is 2. The van der Waals surface area contributed by atoms with Crippen molar-refractivity contribution in [1.82, 2.24) is 14.6 Å². The molecule has 0 aliphatic carbocycles. The second-order valence-electron chi connectivity index (χ2n) is 6.39. The summed E-state index contributed by atoms with van der Waals surface area (Å²) >= 11 is 7.36. The zero-order valence-corrected chi connectivity index (χ0v) is 17.4. The van der Waals surface area contributed by atoms with Crippen LogP contribution in [0, 0.1) is 0 Å². The van der Waals surface area contributed by atoms with E-state index in [0.29, 0.717) is 9.98 Å². The van der Waals surface area contributed by atoms with Crippen molar-refractivity contribution in [2.45, 2.75) is 6.92 Å². The fraction of sp³-hybridized carbons (Fsp3) is 0.0476. The molecule has 30 heavy (non-hydrogen) atoms. The van der Waals surface area contributed by atoms with Crippen LogP contribution in [0.3, 0.4) is 0 Å². The number of fused-ring (bicyclic) bond motifs is 1. The van der Waals surface area contributed by atoms with Crippen molar-refractivity contribution in [2.75, 3.05) is 10.6 Å². The molecule has 2 aromatic carbocycles. The van der Waals surface area contributed by atoms with Gasteiger partial charge >= 0.3 is 0 Å². The van der Waals surface area contributed by atoms with Crippen LogP contribution in [0.1, 0.15) is 12.5 Å². The second kappa shape index (κ2) is 8.48. The molecule has 4 aromatic rings. The van der Waals surface area contributed by atoms with Crippen LogP contribution in [0.25, 0.3) is 22.3 Å². The minimum absolute atomic E-state index is 0.123. The zero-order chi connectivity index (χ0) is 21.1. The molecule has 9 heteroatoms. The van der Waals surface area contributed by atoms with Gasteiger partial charge in [0.05, 0.1) is 5.69 Å². The summed E-state index contributed by atoms with van der Waals surface area (Å²) < 4.78 is 1.67. The van der Waals surface area contributed by atoms with E-state index in [2.05, 4.69) is 20.7 Å². The van der Waals surface area contributed by atoms with Gasteiger partial charge in [0, 0.05) is 34.7 Å². The van der Waals surface area contributed by atoms with Crippen LogP contribution in [0.5, 0.6) is 0 Å². The van der Waals surface area contributed by atoms with Crippen molar-refractivity contribution in [3.8, 4) is 11.3 Å². The molecule has 0 fully saturated rings. The maximum Gasteiger partial charge on any atom is 0.250 e. The molecule has 4 rings (SSSR count). The Morgan fingerprint density at radius 1 is 1.13 bits per heavy atom. The van der Waals surface area contributed by atoms with Gasteiger partial charge in [-0.05, 0) is 35.9 Å². The molecule has 2 aromatic heterocycles. The monoisotopic (exact) mass is 437 g/mol. The first-order valence-corrected chi connectivity index (χ1v) is 10.2. The van der Waals surface area contributed by atoms with Gasteiger partial charge in [0.25, 0.3) is 11.9 Å². The van der Waals surface area contributed by atoms with Gasteiger partial charge in [-0.2, -0.15) is 4.98 Å². The molecule has 2 amide bonds. The fourth-order valence-corrected chi connectivity index (χ4v) is 3.82. The van der Waals surface area contributed by atoms with Crippen LogP contribution in [0.4, 0.5) is 11.6 Å². The van der Waals surface area contributed by atoms with Gasteiger partial charge in [0.1, 0.15) is 0 Å². The first-order chi connectivity index (χ1) is 14.5. The van der Waals surface area contributed by atoms with Crippen LogP contribution >= 0.6 is 22.9 Å². The topological polar surface area (TPSA) is 88.4 Å². The highest BCUT2D eigenvalue weighted by molar-refractivity contribution is 7.15. The molecule has 2 heterocycles. The lowest BCUT2D eigenvalue weighted by Gasteiger charge is -2.03. The van der Waals surface area contributed by atoms with Gasteiger partial charge in [-0.1, -0.05) is 35.9 Å². The Labute approximate surface area is 181 Å². The van der Waals surface area contributed by atoms with Crippen molar-refractivity contribution in [3.05, 3.63) is 70.6 Å². The third-order valence-electron chi connectivity index (χ3n) is 4.09.